The van der Waals surface area contributed by atoms with E-state index in [2.05, 4.69) is 203 Å². The molecule has 11 aromatic carbocycles. The first-order valence-corrected chi connectivity index (χ1v) is 23.9. The van der Waals surface area contributed by atoms with Gasteiger partial charge in [-0.2, -0.15) is 4.98 Å². The van der Waals surface area contributed by atoms with Gasteiger partial charge in [-0.25, -0.2) is 4.98 Å². The van der Waals surface area contributed by atoms with Crippen LogP contribution < -0.4 is 0 Å². The second kappa shape index (κ2) is 13.4. The lowest BCUT2D eigenvalue weighted by molar-refractivity contribution is 0.651. The van der Waals surface area contributed by atoms with Gasteiger partial charge in [0.25, 0.3) is 0 Å². The first kappa shape index (κ1) is 36.4. The molecule has 0 radical (unpaired) electrons. The van der Waals surface area contributed by atoms with Crippen LogP contribution in [0.4, 0.5) is 0 Å². The Balaban J connectivity index is 1.07. The number of aromatic nitrogens is 4. The fraction of sp³-hybridized carbons (Fsp3) is 0. The van der Waals surface area contributed by atoms with Crippen LogP contribution in [-0.2, 0) is 0 Å². The summed E-state index contributed by atoms with van der Waals surface area (Å²) in [5, 5.41) is 16.2. The van der Waals surface area contributed by atoms with Gasteiger partial charge in [-0.05, 0) is 98.0 Å². The lowest BCUT2D eigenvalue weighted by Gasteiger charge is -2.12. The fourth-order valence-electron chi connectivity index (χ4n) is 11.4. The molecule has 0 N–H and O–H groups in total. The molecule has 0 atom stereocenters. The molecule has 314 valence electrons. The average Bonchev–Trinajstić information content (AvgIpc) is 4.15. The van der Waals surface area contributed by atoms with Crippen LogP contribution in [0, 0.1) is 0 Å². The van der Waals surface area contributed by atoms with Gasteiger partial charge in [0, 0.05) is 53.7 Å². The third kappa shape index (κ3) is 4.93. The van der Waals surface area contributed by atoms with Crippen LogP contribution in [0.15, 0.2) is 211 Å². The highest BCUT2D eigenvalue weighted by molar-refractivity contribution is 7.26. The molecule has 0 aliphatic rings. The molecule has 0 spiro atoms. The second-order valence-corrected chi connectivity index (χ2v) is 19.1. The molecular formula is C62H34N4OS. The van der Waals surface area contributed by atoms with Crippen molar-refractivity contribution >= 4 is 130 Å². The number of furan rings is 1. The third-order valence-corrected chi connectivity index (χ3v) is 15.6. The molecule has 68 heavy (non-hydrogen) atoms. The van der Waals surface area contributed by atoms with E-state index < -0.39 is 0 Å². The lowest BCUT2D eigenvalue weighted by Crippen LogP contribution is -2.03. The number of nitrogens with zero attached hydrogens (tertiary/aromatic N) is 4. The van der Waals surface area contributed by atoms with Crippen molar-refractivity contribution in [1.29, 1.82) is 0 Å². The molecule has 0 unspecified atom stereocenters. The summed E-state index contributed by atoms with van der Waals surface area (Å²) in [4.78, 5) is 11.3. The van der Waals surface area contributed by atoms with E-state index in [1.54, 1.807) is 0 Å². The molecule has 6 heteroatoms. The standard InChI is InChI=1S/C62H34N4OS/c1-2-12-35(13-3-1)38-22-23-40-31-43(27-24-39(40)30-38)57-56-47-18-7-10-20-51(47)67-61(56)64-62(63-57)66-58-53-42(26-25-41-33-48-45-16-8-11-21-52(45)68-60(48)59(66)54(41)53)34-50-55(58)46-17-6-9-19-49(46)65(50)44-29-28-36-14-4-5-15-37(36)32-44/h1-34H. The molecule has 0 saturated carbocycles. The molecule has 0 amide bonds. The topological polar surface area (TPSA) is 48.8 Å². The quantitative estimate of drug-likeness (QED) is 0.165. The SMILES string of the molecule is c1ccc(-c2ccc3cc(-c4nc(-n5c6c7sc8ccccc8c7cc7ccc8cc9c(c%10ccccc%10n9-c9ccc%10ccccc%10c9)c5c8c76)nc5oc6ccccc6c45)ccc3c2)cc1. The Morgan fingerprint density at radius 3 is 1.93 bits per heavy atom. The van der Waals surface area contributed by atoms with Crippen molar-refractivity contribution in [3.05, 3.63) is 206 Å². The van der Waals surface area contributed by atoms with E-state index in [-0.39, 0.29) is 0 Å². The van der Waals surface area contributed by atoms with Gasteiger partial charge in [0.15, 0.2) is 0 Å². The minimum Gasteiger partial charge on any atom is -0.437 e. The predicted molar refractivity (Wildman–Crippen MR) is 285 cm³/mol. The van der Waals surface area contributed by atoms with Crippen molar-refractivity contribution in [3.63, 3.8) is 0 Å². The zero-order chi connectivity index (χ0) is 44.2. The number of para-hydroxylation sites is 2. The number of fused-ring (bicyclic) bond motifs is 13. The molecular weight excluding hydrogens is 849 g/mol. The Hall–Kier alpha value is -8.84. The molecule has 0 saturated heterocycles. The van der Waals surface area contributed by atoms with Crippen LogP contribution in [0.1, 0.15) is 0 Å². The van der Waals surface area contributed by atoms with Gasteiger partial charge in [0.05, 0.1) is 37.8 Å². The normalized spacial score (nSPS) is 12.4. The van der Waals surface area contributed by atoms with E-state index in [0.29, 0.717) is 11.7 Å². The van der Waals surface area contributed by atoms with Gasteiger partial charge < -0.3 is 8.98 Å². The molecule has 5 nitrogen and oxygen atoms in total. The highest BCUT2D eigenvalue weighted by Gasteiger charge is 2.29. The Morgan fingerprint density at radius 1 is 0.382 bits per heavy atom. The van der Waals surface area contributed by atoms with Crippen molar-refractivity contribution in [1.82, 2.24) is 19.1 Å². The summed E-state index contributed by atoms with van der Waals surface area (Å²) in [5.41, 5.74) is 11.2. The van der Waals surface area contributed by atoms with Gasteiger partial charge in [0.2, 0.25) is 11.7 Å². The van der Waals surface area contributed by atoms with Gasteiger partial charge in [-0.15, -0.1) is 11.3 Å². The van der Waals surface area contributed by atoms with Crippen molar-refractivity contribution < 1.29 is 4.42 Å². The molecule has 0 aliphatic carbocycles. The molecule has 16 aromatic rings. The van der Waals surface area contributed by atoms with E-state index in [9.17, 15) is 0 Å². The first-order valence-electron chi connectivity index (χ1n) is 23.1. The molecule has 0 fully saturated rings. The van der Waals surface area contributed by atoms with Crippen LogP contribution in [0.25, 0.3) is 152 Å². The van der Waals surface area contributed by atoms with Crippen LogP contribution in [0.3, 0.4) is 0 Å². The number of rotatable bonds is 4. The number of benzene rings is 11. The van der Waals surface area contributed by atoms with Crippen LogP contribution in [0.5, 0.6) is 0 Å². The summed E-state index contributed by atoms with van der Waals surface area (Å²) in [7, 11) is 0. The summed E-state index contributed by atoms with van der Waals surface area (Å²) in [6, 6.07) is 74.7. The fourth-order valence-corrected chi connectivity index (χ4v) is 12.6. The average molecular weight is 883 g/mol. The van der Waals surface area contributed by atoms with Crippen LogP contribution >= 0.6 is 11.3 Å². The van der Waals surface area contributed by atoms with Crippen LogP contribution in [0.2, 0.25) is 0 Å². The molecule has 5 aromatic heterocycles. The van der Waals surface area contributed by atoms with E-state index in [4.69, 9.17) is 14.4 Å². The monoisotopic (exact) mass is 882 g/mol. The maximum Gasteiger partial charge on any atom is 0.238 e. The second-order valence-electron chi connectivity index (χ2n) is 18.1. The minimum absolute atomic E-state index is 0.559. The van der Waals surface area contributed by atoms with Crippen molar-refractivity contribution in [2.45, 2.75) is 0 Å². The van der Waals surface area contributed by atoms with E-state index >= 15 is 0 Å². The molecule has 5 heterocycles. The highest BCUT2D eigenvalue weighted by atomic mass is 32.1. The summed E-state index contributed by atoms with van der Waals surface area (Å²) >= 11 is 1.85. The summed E-state index contributed by atoms with van der Waals surface area (Å²) < 4.78 is 14.1. The van der Waals surface area contributed by atoms with Crippen molar-refractivity contribution in [3.8, 4) is 34.0 Å². The van der Waals surface area contributed by atoms with Gasteiger partial charge >= 0.3 is 0 Å². The van der Waals surface area contributed by atoms with E-state index in [1.165, 1.54) is 74.4 Å². The van der Waals surface area contributed by atoms with Crippen molar-refractivity contribution in [2.75, 3.05) is 0 Å². The van der Waals surface area contributed by atoms with Crippen molar-refractivity contribution in [2.24, 2.45) is 0 Å². The van der Waals surface area contributed by atoms with Gasteiger partial charge in [-0.1, -0.05) is 152 Å². The molecule has 0 bridgehead atoms. The maximum atomic E-state index is 6.80. The van der Waals surface area contributed by atoms with Gasteiger partial charge in [-0.3, -0.25) is 4.57 Å². The Kier molecular flexibility index (Phi) is 7.16. The third-order valence-electron chi connectivity index (χ3n) is 14.4. The smallest absolute Gasteiger partial charge is 0.238 e. The predicted octanol–water partition coefficient (Wildman–Crippen LogP) is 17.2. The van der Waals surface area contributed by atoms with E-state index in [1.807, 2.05) is 23.5 Å². The summed E-state index contributed by atoms with van der Waals surface area (Å²) in [5.74, 6) is 0.574. The van der Waals surface area contributed by atoms with Gasteiger partial charge in [0.1, 0.15) is 5.58 Å². The van der Waals surface area contributed by atoms with E-state index in [0.717, 1.165) is 66.1 Å². The largest absolute Gasteiger partial charge is 0.437 e. The maximum absolute atomic E-state index is 6.80. The zero-order valence-corrected chi connectivity index (χ0v) is 37.1. The molecule has 16 rings (SSSR count). The summed E-state index contributed by atoms with van der Waals surface area (Å²) in [6.45, 7) is 0. The Bertz CT molecular complexity index is 4800. The zero-order valence-electron chi connectivity index (χ0n) is 36.2. The lowest BCUT2D eigenvalue weighted by atomic mass is 9.98. The molecule has 0 aliphatic heterocycles. The first-order chi connectivity index (χ1) is 33.7. The number of hydrogen-bond acceptors (Lipinski definition) is 4. The minimum atomic E-state index is 0.559. The Labute approximate surface area is 391 Å². The Morgan fingerprint density at radius 2 is 1.04 bits per heavy atom. The number of thiophene rings is 1. The van der Waals surface area contributed by atoms with Crippen LogP contribution in [-0.4, -0.2) is 19.1 Å². The highest BCUT2D eigenvalue weighted by Crippen LogP contribution is 2.51. The summed E-state index contributed by atoms with van der Waals surface area (Å²) in [6.07, 6.45) is 0. The number of hydrogen-bond donors (Lipinski definition) is 0.